The first-order valence-electron chi connectivity index (χ1n) is 9.14. The number of nitrogens with two attached hydrogens (primary N) is 1. The minimum atomic E-state index is 0.462. The maximum absolute atomic E-state index is 6.03. The highest BCUT2D eigenvalue weighted by molar-refractivity contribution is 5.23. The van der Waals surface area contributed by atoms with E-state index < -0.39 is 0 Å². The van der Waals surface area contributed by atoms with Gasteiger partial charge in [0, 0.05) is 25.4 Å². The zero-order valence-electron chi connectivity index (χ0n) is 14.8. The number of aromatic nitrogens is 2. The number of rotatable bonds is 6. The molecule has 2 aromatic carbocycles. The predicted molar refractivity (Wildman–Crippen MR) is 101 cm³/mol. The standard InChI is InChI=1S/C21H24N4O/c22-12-18-13-25(14-19(18)17-9-5-2-6-10-17)15-21-23-20(24-26-21)11-16-7-3-1-4-8-16/h1-10,18-19H,11-15,22H2/t18-,19+/m1/s1. The molecule has 0 bridgehead atoms. The fourth-order valence-corrected chi connectivity index (χ4v) is 3.80. The average Bonchev–Trinajstić information content (AvgIpc) is 3.30. The van der Waals surface area contributed by atoms with Crippen LogP contribution in [0, 0.1) is 5.92 Å². The Bertz CT molecular complexity index is 818. The molecule has 5 heteroatoms. The molecule has 2 atom stereocenters. The lowest BCUT2D eigenvalue weighted by Crippen LogP contribution is -2.23. The SMILES string of the molecule is NC[C@@H]1CN(Cc2nc(Cc3ccccc3)no2)C[C@H]1c1ccccc1. The molecule has 134 valence electrons. The number of hydrogen-bond donors (Lipinski definition) is 1. The van der Waals surface area contributed by atoms with Crippen molar-refractivity contribution in [3.8, 4) is 0 Å². The van der Waals surface area contributed by atoms with Crippen LogP contribution in [0.25, 0.3) is 0 Å². The van der Waals surface area contributed by atoms with E-state index >= 15 is 0 Å². The second-order valence-electron chi connectivity index (χ2n) is 6.97. The van der Waals surface area contributed by atoms with Gasteiger partial charge in [-0.3, -0.25) is 4.90 Å². The maximum atomic E-state index is 6.03. The highest BCUT2D eigenvalue weighted by atomic mass is 16.5. The van der Waals surface area contributed by atoms with E-state index in [1.807, 2.05) is 18.2 Å². The van der Waals surface area contributed by atoms with Crippen LogP contribution in [0.4, 0.5) is 0 Å². The van der Waals surface area contributed by atoms with Crippen LogP contribution in [0.3, 0.4) is 0 Å². The summed E-state index contributed by atoms with van der Waals surface area (Å²) in [6, 6.07) is 20.9. The van der Waals surface area contributed by atoms with E-state index in [0.717, 1.165) is 18.9 Å². The summed E-state index contributed by atoms with van der Waals surface area (Å²) in [4.78, 5) is 6.94. The van der Waals surface area contributed by atoms with E-state index in [1.54, 1.807) is 0 Å². The van der Waals surface area contributed by atoms with Gasteiger partial charge in [0.15, 0.2) is 5.82 Å². The van der Waals surface area contributed by atoms with E-state index in [-0.39, 0.29) is 0 Å². The predicted octanol–water partition coefficient (Wildman–Crippen LogP) is 2.83. The molecule has 1 aliphatic rings. The second-order valence-corrected chi connectivity index (χ2v) is 6.97. The Morgan fingerprint density at radius 1 is 1.00 bits per heavy atom. The molecule has 4 rings (SSSR count). The Kier molecular flexibility index (Phi) is 5.09. The molecule has 2 heterocycles. The molecule has 5 nitrogen and oxygen atoms in total. The zero-order chi connectivity index (χ0) is 17.8. The molecule has 0 spiro atoms. The lowest BCUT2D eigenvalue weighted by Gasteiger charge is -2.16. The van der Waals surface area contributed by atoms with Crippen LogP contribution in [0.15, 0.2) is 65.2 Å². The molecule has 0 unspecified atom stereocenters. The Morgan fingerprint density at radius 3 is 2.46 bits per heavy atom. The lowest BCUT2D eigenvalue weighted by atomic mass is 9.89. The van der Waals surface area contributed by atoms with Gasteiger partial charge in [0.2, 0.25) is 5.89 Å². The van der Waals surface area contributed by atoms with Crippen molar-refractivity contribution in [2.45, 2.75) is 18.9 Å². The van der Waals surface area contributed by atoms with Crippen molar-refractivity contribution in [1.82, 2.24) is 15.0 Å². The summed E-state index contributed by atoms with van der Waals surface area (Å²) in [6.07, 6.45) is 0.697. The topological polar surface area (TPSA) is 68.2 Å². The minimum absolute atomic E-state index is 0.462. The van der Waals surface area contributed by atoms with E-state index in [0.29, 0.717) is 37.2 Å². The minimum Gasteiger partial charge on any atom is -0.338 e. The Hall–Kier alpha value is -2.50. The van der Waals surface area contributed by atoms with Gasteiger partial charge in [-0.15, -0.1) is 0 Å². The Morgan fingerprint density at radius 2 is 1.73 bits per heavy atom. The van der Waals surface area contributed by atoms with E-state index in [9.17, 15) is 0 Å². The molecular formula is C21H24N4O. The first-order chi connectivity index (χ1) is 12.8. The summed E-state index contributed by atoms with van der Waals surface area (Å²) in [6.45, 7) is 3.31. The van der Waals surface area contributed by atoms with Gasteiger partial charge in [-0.1, -0.05) is 65.8 Å². The van der Waals surface area contributed by atoms with Crippen molar-refractivity contribution in [3.63, 3.8) is 0 Å². The summed E-state index contributed by atoms with van der Waals surface area (Å²) >= 11 is 0. The largest absolute Gasteiger partial charge is 0.338 e. The van der Waals surface area contributed by atoms with Crippen LogP contribution in [0.1, 0.15) is 28.8 Å². The molecule has 0 aliphatic carbocycles. The van der Waals surface area contributed by atoms with Gasteiger partial charge in [0.25, 0.3) is 0 Å². The summed E-state index contributed by atoms with van der Waals surface area (Å²) < 4.78 is 5.47. The molecule has 0 radical (unpaired) electrons. The molecule has 1 aromatic heterocycles. The number of benzene rings is 2. The van der Waals surface area contributed by atoms with Gasteiger partial charge in [0.1, 0.15) is 0 Å². The van der Waals surface area contributed by atoms with E-state index in [4.69, 9.17) is 10.3 Å². The van der Waals surface area contributed by atoms with Gasteiger partial charge in [-0.05, 0) is 23.6 Å². The smallest absolute Gasteiger partial charge is 0.240 e. The lowest BCUT2D eigenvalue weighted by molar-refractivity contribution is 0.259. The van der Waals surface area contributed by atoms with Gasteiger partial charge in [-0.25, -0.2) is 0 Å². The van der Waals surface area contributed by atoms with E-state index in [2.05, 4.69) is 57.5 Å². The van der Waals surface area contributed by atoms with Crippen molar-refractivity contribution >= 4 is 0 Å². The molecule has 2 N–H and O–H groups in total. The van der Waals surface area contributed by atoms with Gasteiger partial charge >= 0.3 is 0 Å². The highest BCUT2D eigenvalue weighted by Gasteiger charge is 2.33. The average molecular weight is 348 g/mol. The number of nitrogens with zero attached hydrogens (tertiary/aromatic N) is 3. The van der Waals surface area contributed by atoms with Crippen LogP contribution in [-0.2, 0) is 13.0 Å². The third-order valence-electron chi connectivity index (χ3n) is 5.12. The summed E-state index contributed by atoms with van der Waals surface area (Å²) in [7, 11) is 0. The molecule has 3 aromatic rings. The highest BCUT2D eigenvalue weighted by Crippen LogP contribution is 2.32. The quantitative estimate of drug-likeness (QED) is 0.742. The van der Waals surface area contributed by atoms with Gasteiger partial charge in [0.05, 0.1) is 6.54 Å². The number of likely N-dealkylation sites (tertiary alicyclic amines) is 1. The fourth-order valence-electron chi connectivity index (χ4n) is 3.80. The van der Waals surface area contributed by atoms with Crippen molar-refractivity contribution in [3.05, 3.63) is 83.5 Å². The zero-order valence-corrected chi connectivity index (χ0v) is 14.8. The van der Waals surface area contributed by atoms with Crippen LogP contribution >= 0.6 is 0 Å². The number of hydrogen-bond acceptors (Lipinski definition) is 5. The Balaban J connectivity index is 1.40. The third-order valence-corrected chi connectivity index (χ3v) is 5.12. The monoisotopic (exact) mass is 348 g/mol. The summed E-state index contributed by atoms with van der Waals surface area (Å²) in [5.74, 6) is 2.35. The molecule has 0 amide bonds. The second kappa shape index (κ2) is 7.81. The molecular weight excluding hydrogens is 324 g/mol. The van der Waals surface area contributed by atoms with Gasteiger partial charge < -0.3 is 10.3 Å². The fraction of sp³-hybridized carbons (Fsp3) is 0.333. The van der Waals surface area contributed by atoms with Crippen LogP contribution < -0.4 is 5.73 Å². The maximum Gasteiger partial charge on any atom is 0.240 e. The van der Waals surface area contributed by atoms with E-state index in [1.165, 1.54) is 11.1 Å². The van der Waals surface area contributed by atoms with Crippen LogP contribution in [0.2, 0.25) is 0 Å². The van der Waals surface area contributed by atoms with Crippen molar-refractivity contribution < 1.29 is 4.52 Å². The summed E-state index contributed by atoms with van der Waals surface area (Å²) in [5.41, 5.74) is 8.58. The van der Waals surface area contributed by atoms with Crippen LogP contribution in [-0.4, -0.2) is 34.7 Å². The summed E-state index contributed by atoms with van der Waals surface area (Å²) in [5, 5.41) is 4.13. The normalized spacial score (nSPS) is 20.5. The van der Waals surface area contributed by atoms with Crippen LogP contribution in [0.5, 0.6) is 0 Å². The van der Waals surface area contributed by atoms with Crippen molar-refractivity contribution in [1.29, 1.82) is 0 Å². The third kappa shape index (κ3) is 3.84. The first kappa shape index (κ1) is 16.9. The first-order valence-corrected chi connectivity index (χ1v) is 9.14. The molecule has 26 heavy (non-hydrogen) atoms. The Labute approximate surface area is 153 Å². The molecule has 1 fully saturated rings. The van der Waals surface area contributed by atoms with Crippen molar-refractivity contribution in [2.75, 3.05) is 19.6 Å². The van der Waals surface area contributed by atoms with Gasteiger partial charge in [-0.2, -0.15) is 4.98 Å². The van der Waals surface area contributed by atoms with Crippen molar-refractivity contribution in [2.24, 2.45) is 11.7 Å². The molecule has 1 aliphatic heterocycles. The molecule has 1 saturated heterocycles. The molecule has 0 saturated carbocycles.